The fourth-order valence-corrected chi connectivity index (χ4v) is 17.7. The van der Waals surface area contributed by atoms with Gasteiger partial charge in [0.2, 0.25) is 0 Å². The maximum absolute atomic E-state index is 6.87. The zero-order valence-electron chi connectivity index (χ0n) is 38.1. The van der Waals surface area contributed by atoms with Gasteiger partial charge in [-0.25, -0.2) is 0 Å². The van der Waals surface area contributed by atoms with Crippen molar-refractivity contribution in [1.29, 1.82) is 0 Å². The smallest absolute Gasteiger partial charge is 0.0580 e. The summed E-state index contributed by atoms with van der Waals surface area (Å²) in [5, 5.41) is 0. The van der Waals surface area contributed by atoms with Crippen LogP contribution >= 0.6 is 0 Å². The monoisotopic (exact) mass is 801 g/mol. The molecule has 0 spiro atoms. The summed E-state index contributed by atoms with van der Waals surface area (Å²) < 4.78 is 13.7. The van der Waals surface area contributed by atoms with Gasteiger partial charge in [0, 0.05) is 36.3 Å². The third kappa shape index (κ3) is 9.10. The van der Waals surface area contributed by atoms with Crippen LogP contribution in [0.4, 0.5) is 0 Å². The molecule has 4 heteroatoms. The van der Waals surface area contributed by atoms with Crippen molar-refractivity contribution in [2.45, 2.75) is 293 Å². The van der Waals surface area contributed by atoms with Crippen LogP contribution in [0.3, 0.4) is 0 Å². The van der Waals surface area contributed by atoms with Gasteiger partial charge in [0.25, 0.3) is 0 Å². The first-order valence-corrected chi connectivity index (χ1v) is 27.4. The van der Waals surface area contributed by atoms with Gasteiger partial charge < -0.3 is 9.47 Å². The van der Waals surface area contributed by atoms with E-state index in [0.717, 1.165) is 83.6 Å². The number of rotatable bonds is 10. The van der Waals surface area contributed by atoms with Gasteiger partial charge in [-0.05, 0) is 227 Å². The molecule has 10 fully saturated rings. The predicted molar refractivity (Wildman–Crippen MR) is 240 cm³/mol. The van der Waals surface area contributed by atoms with Crippen molar-refractivity contribution in [3.05, 3.63) is 0 Å². The minimum atomic E-state index is 0.548. The van der Waals surface area contributed by atoms with Crippen molar-refractivity contribution >= 4 is 0 Å². The van der Waals surface area contributed by atoms with Crippen molar-refractivity contribution < 1.29 is 9.47 Å². The summed E-state index contributed by atoms with van der Waals surface area (Å²) in [6.45, 7) is 5.10. The molecule has 10 rings (SSSR count). The second-order valence-corrected chi connectivity index (χ2v) is 23.8. The summed E-state index contributed by atoms with van der Waals surface area (Å²) in [7, 11) is 0. The molecule has 8 unspecified atom stereocenters. The van der Waals surface area contributed by atoms with Gasteiger partial charge in [0.15, 0.2) is 0 Å². The van der Waals surface area contributed by atoms with E-state index < -0.39 is 0 Å². The van der Waals surface area contributed by atoms with Crippen molar-refractivity contribution in [2.75, 3.05) is 0 Å². The molecule has 10 saturated carbocycles. The van der Waals surface area contributed by atoms with E-state index in [1.165, 1.54) is 180 Å². The fourth-order valence-electron chi connectivity index (χ4n) is 17.7. The van der Waals surface area contributed by atoms with Crippen molar-refractivity contribution in [2.24, 2.45) is 47.3 Å². The molecule has 330 valence electrons. The highest BCUT2D eigenvalue weighted by Crippen LogP contribution is 2.62. The van der Waals surface area contributed by atoms with Crippen LogP contribution in [-0.4, -0.2) is 70.5 Å². The maximum atomic E-state index is 6.87. The SMILES string of the molecule is CC1CCC(N(C2CCC(OC3CCCCC3)CC2)C2CCC3CCC4C5C(CCC2C35)CCC4N(C2CCC(C)CC2)C2CCC(OC3CCCCC3)CC2)CC1. The van der Waals surface area contributed by atoms with Crippen molar-refractivity contribution in [3.8, 4) is 0 Å². The molecule has 0 aromatic heterocycles. The Balaban J connectivity index is 0.865. The molecule has 10 aliphatic rings. The lowest BCUT2D eigenvalue weighted by Gasteiger charge is -2.64. The van der Waals surface area contributed by atoms with Gasteiger partial charge in [-0.3, -0.25) is 9.80 Å². The zero-order chi connectivity index (χ0) is 39.0. The Kier molecular flexibility index (Phi) is 13.9. The lowest BCUT2D eigenvalue weighted by molar-refractivity contribution is -0.153. The van der Waals surface area contributed by atoms with Crippen LogP contribution in [-0.2, 0) is 9.47 Å². The quantitative estimate of drug-likeness (QED) is 0.220. The van der Waals surface area contributed by atoms with Crippen LogP contribution in [0.15, 0.2) is 0 Å². The molecule has 58 heavy (non-hydrogen) atoms. The Bertz CT molecular complexity index is 1150. The average molecular weight is 801 g/mol. The molecule has 0 aromatic rings. The number of hydrogen-bond acceptors (Lipinski definition) is 4. The zero-order valence-corrected chi connectivity index (χ0v) is 38.1. The predicted octanol–water partition coefficient (Wildman–Crippen LogP) is 13.7. The third-order valence-electron chi connectivity index (χ3n) is 20.5. The second-order valence-electron chi connectivity index (χ2n) is 23.8. The minimum Gasteiger partial charge on any atom is -0.375 e. The number of ether oxygens (including phenoxy) is 2. The second kappa shape index (κ2) is 19.3. The molecule has 0 bridgehead atoms. The first-order chi connectivity index (χ1) is 28.6. The lowest BCUT2D eigenvalue weighted by atomic mass is 9.46. The summed E-state index contributed by atoms with van der Waals surface area (Å²) in [6, 6.07) is 5.10. The summed E-state index contributed by atoms with van der Waals surface area (Å²) in [6.07, 6.45) is 51.3. The van der Waals surface area contributed by atoms with E-state index in [1.54, 1.807) is 38.5 Å². The molecule has 0 aromatic carbocycles. The van der Waals surface area contributed by atoms with Gasteiger partial charge in [0.05, 0.1) is 24.4 Å². The van der Waals surface area contributed by atoms with Gasteiger partial charge in [-0.15, -0.1) is 0 Å². The molecule has 8 atom stereocenters. The maximum Gasteiger partial charge on any atom is 0.0580 e. The van der Waals surface area contributed by atoms with Gasteiger partial charge >= 0.3 is 0 Å². The Morgan fingerprint density at radius 3 is 0.966 bits per heavy atom. The van der Waals surface area contributed by atoms with Crippen molar-refractivity contribution in [3.63, 3.8) is 0 Å². The first kappa shape index (κ1) is 41.8. The summed E-state index contributed by atoms with van der Waals surface area (Å²) in [4.78, 5) is 6.74. The Morgan fingerprint density at radius 1 is 0.293 bits per heavy atom. The van der Waals surface area contributed by atoms with E-state index in [2.05, 4.69) is 23.6 Å². The van der Waals surface area contributed by atoms with Gasteiger partial charge in [-0.1, -0.05) is 52.4 Å². The number of nitrogens with zero attached hydrogens (tertiary/aromatic N) is 2. The Labute approximate surface area is 358 Å². The molecular formula is C54H92N2O2. The van der Waals surface area contributed by atoms with E-state index in [-0.39, 0.29) is 0 Å². The summed E-state index contributed by atoms with van der Waals surface area (Å²) in [5.74, 6) is 7.98. The van der Waals surface area contributed by atoms with E-state index >= 15 is 0 Å². The normalized spacial score (nSPS) is 47.2. The fraction of sp³-hybridized carbons (Fsp3) is 1.00. The van der Waals surface area contributed by atoms with Gasteiger partial charge in [-0.2, -0.15) is 0 Å². The largest absolute Gasteiger partial charge is 0.375 e. The molecule has 0 N–H and O–H groups in total. The molecule has 0 heterocycles. The average Bonchev–Trinajstić information content (AvgIpc) is 3.27. The van der Waals surface area contributed by atoms with E-state index in [9.17, 15) is 0 Å². The Morgan fingerprint density at radius 2 is 0.603 bits per heavy atom. The molecule has 0 saturated heterocycles. The van der Waals surface area contributed by atoms with Crippen LogP contribution in [0.2, 0.25) is 0 Å². The van der Waals surface area contributed by atoms with E-state index in [0.29, 0.717) is 24.4 Å². The standard InChI is InChI=1S/C54H92N2O2/c1-37-13-21-41(22-14-37)55(43-25-29-47(30-26-43)57-45-9-5-3-6-10-45)51-35-19-39-18-34-50-52(36-20-40-17-33-49(51)53(39)54(40)50)56(42-23-15-38(2)16-24-42)44-27-31-48(32-28-44)58-46-11-7-4-8-12-46/h37-54H,3-36H2,1-2H3. The highest BCUT2D eigenvalue weighted by atomic mass is 16.5. The topological polar surface area (TPSA) is 24.9 Å². The number of hydrogen-bond donors (Lipinski definition) is 0. The molecule has 0 amide bonds. The minimum absolute atomic E-state index is 0.548. The van der Waals surface area contributed by atoms with E-state index in [4.69, 9.17) is 9.47 Å². The Hall–Kier alpha value is -0.160. The summed E-state index contributed by atoms with van der Waals surface area (Å²) in [5.41, 5.74) is 0. The molecule has 10 aliphatic carbocycles. The van der Waals surface area contributed by atoms with Crippen LogP contribution < -0.4 is 0 Å². The molecule has 4 nitrogen and oxygen atoms in total. The molecule has 0 aliphatic heterocycles. The van der Waals surface area contributed by atoms with Crippen LogP contribution in [0, 0.1) is 47.3 Å². The van der Waals surface area contributed by atoms with E-state index in [1.807, 2.05) is 0 Å². The van der Waals surface area contributed by atoms with Crippen molar-refractivity contribution in [1.82, 2.24) is 9.80 Å². The highest BCUT2D eigenvalue weighted by molar-refractivity contribution is 5.10. The first-order valence-electron chi connectivity index (χ1n) is 27.4. The third-order valence-corrected chi connectivity index (χ3v) is 20.5. The van der Waals surface area contributed by atoms with Crippen LogP contribution in [0.5, 0.6) is 0 Å². The van der Waals surface area contributed by atoms with Gasteiger partial charge in [0.1, 0.15) is 0 Å². The molecular weight excluding hydrogens is 709 g/mol. The molecule has 0 radical (unpaired) electrons. The van der Waals surface area contributed by atoms with Crippen LogP contribution in [0.25, 0.3) is 0 Å². The highest BCUT2D eigenvalue weighted by Gasteiger charge is 2.58. The lowest BCUT2D eigenvalue weighted by Crippen LogP contribution is -2.64. The summed E-state index contributed by atoms with van der Waals surface area (Å²) >= 11 is 0. The van der Waals surface area contributed by atoms with Crippen LogP contribution in [0.1, 0.15) is 232 Å².